The summed E-state index contributed by atoms with van der Waals surface area (Å²) in [6.45, 7) is 1.52. The molecule has 28 heavy (non-hydrogen) atoms. The minimum atomic E-state index is -4.31. The molecular formula is C17H16F4N2O4S. The molecule has 0 aliphatic heterocycles. The Labute approximate surface area is 158 Å². The lowest BCUT2D eigenvalue weighted by Gasteiger charge is -2.14. The maximum absolute atomic E-state index is 14.0. The van der Waals surface area contributed by atoms with Gasteiger partial charge in [-0.2, -0.15) is 0 Å². The molecule has 2 rings (SSSR count). The fraction of sp³-hybridized carbons (Fsp3) is 0.235. The van der Waals surface area contributed by atoms with Crippen LogP contribution in [-0.2, 0) is 14.8 Å². The second kappa shape index (κ2) is 8.67. The molecule has 0 aromatic heterocycles. The third kappa shape index (κ3) is 5.06. The highest BCUT2D eigenvalue weighted by Gasteiger charge is 2.23. The van der Waals surface area contributed by atoms with Gasteiger partial charge in [0.25, 0.3) is 5.91 Å². The van der Waals surface area contributed by atoms with E-state index in [9.17, 15) is 30.8 Å². The Hall–Kier alpha value is -2.50. The zero-order chi connectivity index (χ0) is 21.1. The predicted octanol–water partition coefficient (Wildman–Crippen LogP) is 2.81. The highest BCUT2D eigenvalue weighted by Crippen LogP contribution is 2.20. The summed E-state index contributed by atoms with van der Waals surface area (Å²) in [5.74, 6) is -6.83. The Balaban J connectivity index is 2.30. The number of nitrogens with one attached hydrogen (secondary N) is 2. The van der Waals surface area contributed by atoms with E-state index in [4.69, 9.17) is 4.74 Å². The van der Waals surface area contributed by atoms with Gasteiger partial charge < -0.3 is 10.1 Å². The Morgan fingerprint density at radius 3 is 2.25 bits per heavy atom. The Bertz CT molecular complexity index is 976. The van der Waals surface area contributed by atoms with Crippen LogP contribution in [0.15, 0.2) is 35.2 Å². The van der Waals surface area contributed by atoms with E-state index in [0.29, 0.717) is 12.1 Å². The van der Waals surface area contributed by atoms with Crippen LogP contribution in [-0.4, -0.2) is 34.1 Å². The maximum atomic E-state index is 14.0. The fourth-order valence-electron chi connectivity index (χ4n) is 2.29. The van der Waals surface area contributed by atoms with Gasteiger partial charge >= 0.3 is 0 Å². The Morgan fingerprint density at radius 2 is 1.68 bits per heavy atom. The molecule has 0 radical (unpaired) electrons. The molecular weight excluding hydrogens is 404 g/mol. The summed E-state index contributed by atoms with van der Waals surface area (Å²) in [6.07, 6.45) is 0. The number of carbonyl (C=O) groups excluding carboxylic acids is 1. The third-order valence-corrected chi connectivity index (χ3v) is 5.10. The molecule has 0 unspecified atom stereocenters. The van der Waals surface area contributed by atoms with Crippen molar-refractivity contribution < 1.29 is 35.5 Å². The molecule has 0 saturated heterocycles. The zero-order valence-electron chi connectivity index (χ0n) is 14.7. The van der Waals surface area contributed by atoms with Crippen LogP contribution in [0.25, 0.3) is 0 Å². The maximum Gasteiger partial charge on any atom is 0.255 e. The topological polar surface area (TPSA) is 84.5 Å². The third-order valence-electron chi connectivity index (χ3n) is 3.50. The molecule has 0 heterocycles. The lowest BCUT2D eigenvalue weighted by atomic mass is 10.2. The Morgan fingerprint density at radius 1 is 1.07 bits per heavy atom. The van der Waals surface area contributed by atoms with E-state index in [1.54, 1.807) is 0 Å². The van der Waals surface area contributed by atoms with Gasteiger partial charge in [-0.1, -0.05) is 0 Å². The summed E-state index contributed by atoms with van der Waals surface area (Å²) in [7, 11) is -2.96. The minimum Gasteiger partial charge on any atom is -0.383 e. The number of halogens is 4. The van der Waals surface area contributed by atoms with Crippen molar-refractivity contribution in [1.82, 2.24) is 4.72 Å². The first-order valence-corrected chi connectivity index (χ1v) is 9.30. The molecule has 2 aromatic carbocycles. The van der Waals surface area contributed by atoms with Crippen molar-refractivity contribution in [2.75, 3.05) is 19.0 Å². The van der Waals surface area contributed by atoms with Gasteiger partial charge in [-0.15, -0.1) is 0 Å². The zero-order valence-corrected chi connectivity index (χ0v) is 15.5. The number of ether oxygens (including phenoxy) is 1. The van der Waals surface area contributed by atoms with Crippen LogP contribution >= 0.6 is 0 Å². The molecule has 1 amide bonds. The van der Waals surface area contributed by atoms with Gasteiger partial charge in [0.1, 0.15) is 10.7 Å². The summed E-state index contributed by atoms with van der Waals surface area (Å²) >= 11 is 0. The van der Waals surface area contributed by atoms with Crippen molar-refractivity contribution in [1.29, 1.82) is 0 Å². The second-order valence-electron chi connectivity index (χ2n) is 5.83. The molecule has 0 aliphatic carbocycles. The fourth-order valence-corrected chi connectivity index (χ4v) is 3.63. The predicted molar refractivity (Wildman–Crippen MR) is 92.3 cm³/mol. The number of methoxy groups -OCH3 is 1. The summed E-state index contributed by atoms with van der Waals surface area (Å²) < 4.78 is 85.1. The van der Waals surface area contributed by atoms with E-state index in [2.05, 4.69) is 10.0 Å². The number of sulfonamides is 1. The molecule has 6 nitrogen and oxygen atoms in total. The highest BCUT2D eigenvalue weighted by atomic mass is 32.2. The molecule has 1 atom stereocenters. The number of hydrogen-bond donors (Lipinski definition) is 2. The quantitative estimate of drug-likeness (QED) is 0.533. The van der Waals surface area contributed by atoms with Crippen LogP contribution in [0.1, 0.15) is 17.3 Å². The molecule has 0 bridgehead atoms. The number of anilines is 1. The van der Waals surface area contributed by atoms with Crippen molar-refractivity contribution in [3.05, 3.63) is 59.2 Å². The monoisotopic (exact) mass is 420 g/mol. The Kier molecular flexibility index (Phi) is 6.75. The number of rotatable bonds is 7. The standard InChI is InChI=1S/C17H16F4N2O4S/c1-9(8-27-2)23-28(25,26)15-5-10(3-4-12(15)18)17(24)22-11-6-13(19)16(21)14(20)7-11/h3-7,9,23H,8H2,1-2H3,(H,22,24)/t9-/m0/s1. The first kappa shape index (κ1) is 21.8. The molecule has 11 heteroatoms. The van der Waals surface area contributed by atoms with Crippen LogP contribution in [0.4, 0.5) is 23.2 Å². The highest BCUT2D eigenvalue weighted by molar-refractivity contribution is 7.89. The van der Waals surface area contributed by atoms with Crippen molar-refractivity contribution in [2.24, 2.45) is 0 Å². The van der Waals surface area contributed by atoms with Gasteiger partial charge in [-0.25, -0.2) is 30.7 Å². The minimum absolute atomic E-state index is 0.0305. The van der Waals surface area contributed by atoms with Crippen LogP contribution < -0.4 is 10.0 Å². The van der Waals surface area contributed by atoms with Gasteiger partial charge in [0.2, 0.25) is 10.0 Å². The van der Waals surface area contributed by atoms with Crippen molar-refractivity contribution >= 4 is 21.6 Å². The molecule has 0 saturated carbocycles. The molecule has 0 spiro atoms. The first-order valence-electron chi connectivity index (χ1n) is 7.82. The van der Waals surface area contributed by atoms with Crippen LogP contribution in [0.2, 0.25) is 0 Å². The number of benzene rings is 2. The largest absolute Gasteiger partial charge is 0.383 e. The normalized spacial score (nSPS) is 12.6. The van der Waals surface area contributed by atoms with Gasteiger partial charge in [-0.05, 0) is 25.1 Å². The van der Waals surface area contributed by atoms with E-state index < -0.39 is 55.8 Å². The molecule has 2 aromatic rings. The average molecular weight is 420 g/mol. The summed E-state index contributed by atoms with van der Waals surface area (Å²) in [4.78, 5) is 11.4. The number of carbonyl (C=O) groups is 1. The lowest BCUT2D eigenvalue weighted by Crippen LogP contribution is -2.36. The van der Waals surface area contributed by atoms with Crippen LogP contribution in [0.5, 0.6) is 0 Å². The van der Waals surface area contributed by atoms with E-state index >= 15 is 0 Å². The van der Waals surface area contributed by atoms with E-state index in [1.165, 1.54) is 14.0 Å². The summed E-state index contributed by atoms with van der Waals surface area (Å²) in [5.41, 5.74) is -0.701. The lowest BCUT2D eigenvalue weighted by molar-refractivity contribution is 0.102. The van der Waals surface area contributed by atoms with Crippen molar-refractivity contribution in [3.8, 4) is 0 Å². The molecule has 152 valence electrons. The van der Waals surface area contributed by atoms with Crippen molar-refractivity contribution in [2.45, 2.75) is 17.9 Å². The van der Waals surface area contributed by atoms with Gasteiger partial charge in [-0.3, -0.25) is 4.79 Å². The van der Waals surface area contributed by atoms with Gasteiger partial charge in [0.15, 0.2) is 17.5 Å². The summed E-state index contributed by atoms with van der Waals surface area (Å²) in [6, 6.07) is 2.94. The molecule has 0 fully saturated rings. The SMILES string of the molecule is COC[C@H](C)NS(=O)(=O)c1cc(C(=O)Nc2cc(F)c(F)c(F)c2)ccc1F. The number of hydrogen-bond acceptors (Lipinski definition) is 4. The smallest absolute Gasteiger partial charge is 0.255 e. The van der Waals surface area contributed by atoms with Gasteiger partial charge in [0, 0.05) is 36.5 Å². The van der Waals surface area contributed by atoms with E-state index in [0.717, 1.165) is 18.2 Å². The van der Waals surface area contributed by atoms with Gasteiger partial charge in [0.05, 0.1) is 6.61 Å². The van der Waals surface area contributed by atoms with E-state index in [1.807, 2.05) is 0 Å². The second-order valence-corrected chi connectivity index (χ2v) is 7.51. The van der Waals surface area contributed by atoms with Crippen LogP contribution in [0, 0.1) is 23.3 Å². The molecule has 2 N–H and O–H groups in total. The van der Waals surface area contributed by atoms with Crippen molar-refractivity contribution in [3.63, 3.8) is 0 Å². The first-order chi connectivity index (χ1) is 13.0. The average Bonchev–Trinajstić information content (AvgIpc) is 2.59. The summed E-state index contributed by atoms with van der Waals surface area (Å²) in [5, 5.41) is 2.08. The van der Waals surface area contributed by atoms with Crippen LogP contribution in [0.3, 0.4) is 0 Å². The number of amides is 1. The van der Waals surface area contributed by atoms with E-state index in [-0.39, 0.29) is 12.2 Å². The molecule has 0 aliphatic rings.